The first kappa shape index (κ1) is 13.5. The summed E-state index contributed by atoms with van der Waals surface area (Å²) in [5.74, 6) is -0.366. The lowest BCUT2D eigenvalue weighted by Crippen LogP contribution is -2.03. The number of hydrogen-bond donors (Lipinski definition) is 0. The molecule has 0 fully saturated rings. The second kappa shape index (κ2) is 5.80. The predicted octanol–water partition coefficient (Wildman–Crippen LogP) is 3.47. The van der Waals surface area contributed by atoms with Crippen LogP contribution in [0.15, 0.2) is 29.6 Å². The van der Waals surface area contributed by atoms with E-state index in [0.29, 0.717) is 10.6 Å². The van der Waals surface area contributed by atoms with Crippen LogP contribution in [0.3, 0.4) is 0 Å². The van der Waals surface area contributed by atoms with Crippen molar-refractivity contribution in [3.05, 3.63) is 51.5 Å². The minimum absolute atomic E-state index is 0.366. The molecule has 0 saturated heterocycles. The molecule has 19 heavy (non-hydrogen) atoms. The molecule has 0 radical (unpaired) electrons. The predicted molar refractivity (Wildman–Crippen MR) is 77.9 cm³/mol. The molecule has 0 spiro atoms. The molecule has 3 nitrogen and oxygen atoms in total. The molecule has 0 bridgehead atoms. The topological polar surface area (TPSA) is 39.2 Å². The maximum atomic E-state index is 11.9. The van der Waals surface area contributed by atoms with Crippen LogP contribution in [0, 0.1) is 13.8 Å². The van der Waals surface area contributed by atoms with Crippen molar-refractivity contribution >= 4 is 29.0 Å². The highest BCUT2D eigenvalue weighted by Gasteiger charge is 2.15. The van der Waals surface area contributed by atoms with Crippen molar-refractivity contribution in [3.63, 3.8) is 0 Å². The maximum Gasteiger partial charge on any atom is 0.340 e. The number of thiazole rings is 1. The van der Waals surface area contributed by atoms with Gasteiger partial charge in [0.1, 0.15) is 5.01 Å². The van der Waals surface area contributed by atoms with E-state index in [1.54, 1.807) is 0 Å². The van der Waals surface area contributed by atoms with E-state index in [2.05, 4.69) is 4.98 Å². The third-order valence-electron chi connectivity index (χ3n) is 2.64. The minimum Gasteiger partial charge on any atom is -0.465 e. The Kier molecular flexibility index (Phi) is 4.12. The molecular weight excluding hydrogens is 258 g/mol. The van der Waals surface area contributed by atoms with Crippen LogP contribution in [0.5, 0.6) is 0 Å². The van der Waals surface area contributed by atoms with Gasteiger partial charge in [-0.25, -0.2) is 9.78 Å². The standard InChI is InChI=1S/C15H15NO2S/c1-10-4-6-12(7-5-10)8-13(15(17)18-3)14-16-11(2)9-19-14/h4-9H,1-3H3/b13-8-. The van der Waals surface area contributed by atoms with Gasteiger partial charge in [0, 0.05) is 11.1 Å². The summed E-state index contributed by atoms with van der Waals surface area (Å²) >= 11 is 1.44. The van der Waals surface area contributed by atoms with Crippen LogP contribution in [0.2, 0.25) is 0 Å². The number of aromatic nitrogens is 1. The van der Waals surface area contributed by atoms with Gasteiger partial charge in [-0.2, -0.15) is 0 Å². The first-order chi connectivity index (χ1) is 9.10. The molecule has 0 aliphatic rings. The van der Waals surface area contributed by atoms with Gasteiger partial charge in [0.15, 0.2) is 0 Å². The number of carbonyl (C=O) groups is 1. The normalized spacial score (nSPS) is 11.4. The first-order valence-corrected chi connectivity index (χ1v) is 6.77. The van der Waals surface area contributed by atoms with Gasteiger partial charge in [-0.05, 0) is 25.5 Å². The van der Waals surface area contributed by atoms with Crippen molar-refractivity contribution in [1.82, 2.24) is 4.98 Å². The fraction of sp³-hybridized carbons (Fsp3) is 0.200. The highest BCUT2D eigenvalue weighted by atomic mass is 32.1. The summed E-state index contributed by atoms with van der Waals surface area (Å²) in [6.07, 6.45) is 1.81. The van der Waals surface area contributed by atoms with Crippen LogP contribution in [-0.2, 0) is 9.53 Å². The average Bonchev–Trinajstić information content (AvgIpc) is 2.83. The first-order valence-electron chi connectivity index (χ1n) is 5.89. The molecule has 1 aromatic carbocycles. The number of hydrogen-bond acceptors (Lipinski definition) is 4. The Labute approximate surface area is 116 Å². The Morgan fingerprint density at radius 2 is 1.95 bits per heavy atom. The second-order valence-corrected chi connectivity index (χ2v) is 5.11. The molecule has 0 aliphatic carbocycles. The summed E-state index contributed by atoms with van der Waals surface area (Å²) in [6, 6.07) is 7.96. The molecule has 0 unspecified atom stereocenters. The van der Waals surface area contributed by atoms with Crippen molar-refractivity contribution in [2.45, 2.75) is 13.8 Å². The van der Waals surface area contributed by atoms with E-state index >= 15 is 0 Å². The van der Waals surface area contributed by atoms with Crippen LogP contribution in [0.25, 0.3) is 11.6 Å². The summed E-state index contributed by atoms with van der Waals surface area (Å²) in [7, 11) is 1.38. The fourth-order valence-electron chi connectivity index (χ4n) is 1.62. The highest BCUT2D eigenvalue weighted by Crippen LogP contribution is 2.23. The summed E-state index contributed by atoms with van der Waals surface area (Å²) in [6.45, 7) is 3.93. The molecule has 2 rings (SSSR count). The van der Waals surface area contributed by atoms with Crippen LogP contribution in [-0.4, -0.2) is 18.1 Å². The van der Waals surface area contributed by atoms with Gasteiger partial charge < -0.3 is 4.74 Å². The van der Waals surface area contributed by atoms with E-state index in [0.717, 1.165) is 11.3 Å². The fourth-order valence-corrected chi connectivity index (χ4v) is 2.43. The van der Waals surface area contributed by atoms with E-state index in [4.69, 9.17) is 4.74 Å². The Bertz CT molecular complexity index is 611. The molecule has 2 aromatic rings. The van der Waals surface area contributed by atoms with Gasteiger partial charge in [-0.1, -0.05) is 29.8 Å². The third-order valence-corrected chi connectivity index (χ3v) is 3.64. The molecule has 1 aromatic heterocycles. The Morgan fingerprint density at radius 1 is 1.26 bits per heavy atom. The number of aryl methyl sites for hydroxylation is 2. The monoisotopic (exact) mass is 273 g/mol. The lowest BCUT2D eigenvalue weighted by atomic mass is 10.1. The summed E-state index contributed by atoms with van der Waals surface area (Å²) in [5.41, 5.74) is 3.53. The number of carbonyl (C=O) groups excluding carboxylic acids is 1. The number of benzene rings is 1. The van der Waals surface area contributed by atoms with Crippen LogP contribution in [0.1, 0.15) is 21.8 Å². The van der Waals surface area contributed by atoms with Crippen LogP contribution < -0.4 is 0 Å². The second-order valence-electron chi connectivity index (χ2n) is 4.25. The number of nitrogens with zero attached hydrogens (tertiary/aromatic N) is 1. The summed E-state index contributed by atoms with van der Waals surface area (Å²) in [4.78, 5) is 16.2. The molecular formula is C15H15NO2S. The molecule has 0 amide bonds. The number of rotatable bonds is 3. The largest absolute Gasteiger partial charge is 0.465 e. The molecule has 0 N–H and O–H groups in total. The van der Waals surface area contributed by atoms with Gasteiger partial charge in [0.25, 0.3) is 0 Å². The van der Waals surface area contributed by atoms with Gasteiger partial charge in [0.05, 0.1) is 12.7 Å². The van der Waals surface area contributed by atoms with Gasteiger partial charge in [0.2, 0.25) is 0 Å². The molecule has 98 valence electrons. The zero-order valence-corrected chi connectivity index (χ0v) is 12.0. The van der Waals surface area contributed by atoms with Crippen molar-refractivity contribution in [2.75, 3.05) is 7.11 Å². The Balaban J connectivity index is 2.43. The van der Waals surface area contributed by atoms with Crippen molar-refractivity contribution in [3.8, 4) is 0 Å². The van der Waals surface area contributed by atoms with Crippen molar-refractivity contribution in [2.24, 2.45) is 0 Å². The lowest BCUT2D eigenvalue weighted by Gasteiger charge is -2.03. The van der Waals surface area contributed by atoms with E-state index in [9.17, 15) is 4.79 Å². The zero-order chi connectivity index (χ0) is 13.8. The molecule has 0 saturated carbocycles. The van der Waals surface area contributed by atoms with Gasteiger partial charge >= 0.3 is 5.97 Å². The van der Waals surface area contributed by atoms with Gasteiger partial charge in [-0.3, -0.25) is 0 Å². The summed E-state index contributed by atoms with van der Waals surface area (Å²) < 4.78 is 4.83. The van der Waals surface area contributed by atoms with Crippen molar-refractivity contribution < 1.29 is 9.53 Å². The van der Waals surface area contributed by atoms with Crippen molar-refractivity contribution in [1.29, 1.82) is 0 Å². The van der Waals surface area contributed by atoms with E-state index in [1.165, 1.54) is 24.0 Å². The van der Waals surface area contributed by atoms with Crippen LogP contribution in [0.4, 0.5) is 0 Å². The Morgan fingerprint density at radius 3 is 2.47 bits per heavy atom. The Hall–Kier alpha value is -1.94. The SMILES string of the molecule is COC(=O)/C(=C\c1ccc(C)cc1)c1nc(C)cs1. The van der Waals surface area contributed by atoms with E-state index in [1.807, 2.05) is 49.6 Å². The third kappa shape index (κ3) is 3.29. The quantitative estimate of drug-likeness (QED) is 0.635. The maximum absolute atomic E-state index is 11.9. The smallest absolute Gasteiger partial charge is 0.340 e. The molecule has 1 heterocycles. The summed E-state index contributed by atoms with van der Waals surface area (Å²) in [5, 5.41) is 2.60. The number of methoxy groups -OCH3 is 1. The molecule has 0 aliphatic heterocycles. The lowest BCUT2D eigenvalue weighted by molar-refractivity contribution is -0.133. The van der Waals surface area contributed by atoms with Crippen LogP contribution >= 0.6 is 11.3 Å². The highest BCUT2D eigenvalue weighted by molar-refractivity contribution is 7.11. The minimum atomic E-state index is -0.366. The zero-order valence-electron chi connectivity index (χ0n) is 11.1. The molecule has 4 heteroatoms. The number of ether oxygens (including phenoxy) is 1. The average molecular weight is 273 g/mol. The van der Waals surface area contributed by atoms with Gasteiger partial charge in [-0.15, -0.1) is 11.3 Å². The van der Waals surface area contributed by atoms with E-state index in [-0.39, 0.29) is 5.97 Å². The van der Waals surface area contributed by atoms with E-state index < -0.39 is 0 Å². The molecule has 0 atom stereocenters. The number of esters is 1.